The summed E-state index contributed by atoms with van der Waals surface area (Å²) >= 11 is 6.20. The van der Waals surface area contributed by atoms with Gasteiger partial charge in [0, 0.05) is 36.0 Å². The van der Waals surface area contributed by atoms with Crippen LogP contribution in [0.4, 0.5) is 5.69 Å². The van der Waals surface area contributed by atoms with E-state index in [0.29, 0.717) is 34.6 Å². The molecule has 1 fully saturated rings. The average Bonchev–Trinajstić information content (AvgIpc) is 3.11. The van der Waals surface area contributed by atoms with E-state index in [9.17, 15) is 19.5 Å². The predicted molar refractivity (Wildman–Crippen MR) is 106 cm³/mol. The summed E-state index contributed by atoms with van der Waals surface area (Å²) in [7, 11) is 0. The number of aromatic hydroxyl groups is 1. The van der Waals surface area contributed by atoms with E-state index < -0.39 is 11.6 Å². The van der Waals surface area contributed by atoms with E-state index in [4.69, 9.17) is 20.8 Å². The molecule has 2 heterocycles. The quantitative estimate of drug-likeness (QED) is 0.518. The van der Waals surface area contributed by atoms with Crippen molar-refractivity contribution < 1.29 is 23.8 Å². The van der Waals surface area contributed by atoms with Crippen LogP contribution in [0.2, 0.25) is 5.02 Å². The van der Waals surface area contributed by atoms with Gasteiger partial charge in [-0.25, -0.2) is 9.59 Å². The van der Waals surface area contributed by atoms with E-state index in [1.54, 1.807) is 17.0 Å². The molecule has 29 heavy (non-hydrogen) atoms. The van der Waals surface area contributed by atoms with Crippen molar-refractivity contribution in [2.24, 2.45) is 0 Å². The summed E-state index contributed by atoms with van der Waals surface area (Å²) in [6.45, 7) is 0.391. The molecule has 2 aromatic carbocycles. The van der Waals surface area contributed by atoms with Crippen molar-refractivity contribution in [2.45, 2.75) is 19.4 Å². The molecule has 0 saturated carbocycles. The highest BCUT2D eigenvalue weighted by atomic mass is 35.5. The van der Waals surface area contributed by atoms with Gasteiger partial charge in [0.25, 0.3) is 0 Å². The number of nitrogens with zero attached hydrogens (tertiary/aromatic N) is 1. The van der Waals surface area contributed by atoms with E-state index in [1.165, 1.54) is 30.3 Å². The Labute approximate surface area is 170 Å². The van der Waals surface area contributed by atoms with Gasteiger partial charge in [-0.05, 0) is 36.8 Å². The van der Waals surface area contributed by atoms with E-state index in [0.717, 1.165) is 6.42 Å². The van der Waals surface area contributed by atoms with Crippen molar-refractivity contribution in [3.05, 3.63) is 69.0 Å². The molecule has 1 N–H and O–H groups in total. The van der Waals surface area contributed by atoms with Gasteiger partial charge in [0.05, 0.1) is 16.3 Å². The fraction of sp³-hybridized carbons (Fsp3) is 0.190. The van der Waals surface area contributed by atoms with E-state index in [1.807, 2.05) is 0 Å². The maximum Gasteiger partial charge on any atom is 0.338 e. The third kappa shape index (κ3) is 3.82. The lowest BCUT2D eigenvalue weighted by Gasteiger charge is -2.18. The molecule has 4 rings (SSSR count). The Morgan fingerprint density at radius 2 is 2.00 bits per heavy atom. The smallest absolute Gasteiger partial charge is 0.338 e. The monoisotopic (exact) mass is 413 g/mol. The third-order valence-corrected chi connectivity index (χ3v) is 5.04. The molecule has 1 aliphatic heterocycles. The van der Waals surface area contributed by atoms with E-state index in [2.05, 4.69) is 0 Å². The zero-order valence-corrected chi connectivity index (χ0v) is 15.9. The Hall–Kier alpha value is -3.32. The number of anilines is 1. The molecular formula is C21H16ClNO6. The summed E-state index contributed by atoms with van der Waals surface area (Å²) in [6.07, 6.45) is 1.19. The Bertz CT molecular complexity index is 1190. The van der Waals surface area contributed by atoms with Crippen LogP contribution in [0.5, 0.6) is 5.75 Å². The number of ether oxygens (including phenoxy) is 1. The van der Waals surface area contributed by atoms with Crippen LogP contribution in [-0.4, -0.2) is 23.5 Å². The number of carbonyl (C=O) groups is 2. The molecule has 8 heteroatoms. The van der Waals surface area contributed by atoms with Gasteiger partial charge < -0.3 is 19.2 Å². The first-order valence-electron chi connectivity index (χ1n) is 8.95. The highest BCUT2D eigenvalue weighted by molar-refractivity contribution is 6.34. The van der Waals surface area contributed by atoms with Crippen molar-refractivity contribution in [1.29, 1.82) is 0 Å². The number of phenols is 1. The van der Waals surface area contributed by atoms with Gasteiger partial charge in [-0.2, -0.15) is 0 Å². The molecule has 7 nitrogen and oxygen atoms in total. The minimum absolute atomic E-state index is 0.0387. The highest BCUT2D eigenvalue weighted by Gasteiger charge is 2.24. The van der Waals surface area contributed by atoms with Gasteiger partial charge in [-0.1, -0.05) is 11.6 Å². The second-order valence-electron chi connectivity index (χ2n) is 6.66. The van der Waals surface area contributed by atoms with E-state index in [-0.39, 0.29) is 29.4 Å². The highest BCUT2D eigenvalue weighted by Crippen LogP contribution is 2.31. The topological polar surface area (TPSA) is 97.1 Å². The summed E-state index contributed by atoms with van der Waals surface area (Å²) in [5, 5.41) is 10.5. The Balaban J connectivity index is 1.57. The van der Waals surface area contributed by atoms with Crippen LogP contribution < -0.4 is 10.5 Å². The summed E-state index contributed by atoms with van der Waals surface area (Å²) < 4.78 is 10.4. The summed E-state index contributed by atoms with van der Waals surface area (Å²) in [4.78, 5) is 37.8. The SMILES string of the molecule is O=C(OCc1cc(=O)oc2cc(O)ccc12)c1ccc(Cl)c(N2CCCC2=O)c1. The van der Waals surface area contributed by atoms with Crippen LogP contribution in [-0.2, 0) is 16.1 Å². The van der Waals surface area contributed by atoms with Gasteiger partial charge in [0.1, 0.15) is 17.9 Å². The van der Waals surface area contributed by atoms with Crippen LogP contribution in [0.1, 0.15) is 28.8 Å². The van der Waals surface area contributed by atoms with Crippen LogP contribution >= 0.6 is 11.6 Å². The Kier molecular flexibility index (Phi) is 4.98. The van der Waals surface area contributed by atoms with Crippen molar-refractivity contribution in [3.8, 4) is 5.75 Å². The number of phenolic OH excluding ortho intramolecular Hbond substituents is 1. The number of rotatable bonds is 4. The average molecular weight is 414 g/mol. The fourth-order valence-electron chi connectivity index (χ4n) is 3.31. The zero-order valence-electron chi connectivity index (χ0n) is 15.2. The fourth-order valence-corrected chi connectivity index (χ4v) is 3.53. The number of benzene rings is 2. The maximum atomic E-state index is 12.5. The summed E-state index contributed by atoms with van der Waals surface area (Å²) in [5.74, 6) is -0.696. The second kappa shape index (κ2) is 7.60. The Morgan fingerprint density at radius 1 is 1.17 bits per heavy atom. The molecule has 0 radical (unpaired) electrons. The lowest BCUT2D eigenvalue weighted by Crippen LogP contribution is -2.24. The largest absolute Gasteiger partial charge is 0.508 e. The van der Waals surface area contributed by atoms with Gasteiger partial charge in [0.2, 0.25) is 5.91 Å². The molecule has 0 unspecified atom stereocenters. The summed E-state index contributed by atoms with van der Waals surface area (Å²) in [6, 6.07) is 10.2. The molecule has 1 amide bonds. The van der Waals surface area contributed by atoms with Crippen LogP contribution in [0.15, 0.2) is 51.7 Å². The molecule has 0 bridgehead atoms. The predicted octanol–water partition coefficient (Wildman–Crippen LogP) is 3.64. The molecule has 1 aliphatic rings. The van der Waals surface area contributed by atoms with Crippen LogP contribution in [0.25, 0.3) is 11.0 Å². The number of amides is 1. The van der Waals surface area contributed by atoms with Gasteiger partial charge in [-0.15, -0.1) is 0 Å². The number of fused-ring (bicyclic) bond motifs is 1. The number of halogens is 1. The minimum atomic E-state index is -0.616. The number of hydrogen-bond acceptors (Lipinski definition) is 6. The molecule has 3 aromatic rings. The first-order chi connectivity index (χ1) is 13.9. The van der Waals surface area contributed by atoms with Gasteiger partial charge >= 0.3 is 11.6 Å². The van der Waals surface area contributed by atoms with Crippen molar-refractivity contribution >= 4 is 40.1 Å². The normalized spacial score (nSPS) is 13.8. The molecule has 0 spiro atoms. The zero-order chi connectivity index (χ0) is 20.5. The van der Waals surface area contributed by atoms with Gasteiger partial charge in [0.15, 0.2) is 0 Å². The maximum absolute atomic E-state index is 12.5. The van der Waals surface area contributed by atoms with Crippen molar-refractivity contribution in [1.82, 2.24) is 0 Å². The van der Waals surface area contributed by atoms with Crippen molar-refractivity contribution in [3.63, 3.8) is 0 Å². The lowest BCUT2D eigenvalue weighted by molar-refractivity contribution is -0.117. The van der Waals surface area contributed by atoms with Crippen molar-refractivity contribution in [2.75, 3.05) is 11.4 Å². The standard InChI is InChI=1S/C21H16ClNO6/c22-16-6-3-12(8-17(16)23-7-1-2-19(23)25)21(27)28-11-13-9-20(26)29-18-10-14(24)4-5-15(13)18/h3-6,8-10,24H,1-2,7,11H2. The molecule has 1 aromatic heterocycles. The number of carbonyl (C=O) groups excluding carboxylic acids is 2. The first kappa shape index (κ1) is 19.0. The lowest BCUT2D eigenvalue weighted by atomic mass is 10.1. The molecule has 0 atom stereocenters. The van der Waals surface area contributed by atoms with Crippen LogP contribution in [0, 0.1) is 0 Å². The molecular weight excluding hydrogens is 398 g/mol. The molecule has 0 aliphatic carbocycles. The number of hydrogen-bond donors (Lipinski definition) is 1. The van der Waals surface area contributed by atoms with Gasteiger partial charge in [-0.3, -0.25) is 4.79 Å². The molecule has 148 valence electrons. The first-order valence-corrected chi connectivity index (χ1v) is 9.33. The second-order valence-corrected chi connectivity index (χ2v) is 7.07. The summed E-state index contributed by atoms with van der Waals surface area (Å²) in [5.41, 5.74) is 0.757. The number of esters is 1. The third-order valence-electron chi connectivity index (χ3n) is 4.72. The van der Waals surface area contributed by atoms with E-state index >= 15 is 0 Å². The van der Waals surface area contributed by atoms with Crippen LogP contribution in [0.3, 0.4) is 0 Å². The Morgan fingerprint density at radius 3 is 2.76 bits per heavy atom. The minimum Gasteiger partial charge on any atom is -0.508 e. The molecule has 1 saturated heterocycles.